The third kappa shape index (κ3) is 4.06. The molecule has 7 heteroatoms. The van der Waals surface area contributed by atoms with Gasteiger partial charge in [0.15, 0.2) is 0 Å². The summed E-state index contributed by atoms with van der Waals surface area (Å²) in [4.78, 5) is 29.2. The number of carbonyl (C=O) groups excluding carboxylic acids is 1. The first kappa shape index (κ1) is 20.8. The summed E-state index contributed by atoms with van der Waals surface area (Å²) < 4.78 is 5.35. The zero-order chi connectivity index (χ0) is 20.3. The number of likely N-dealkylation sites (N-methyl/N-ethyl adjacent to an activating group) is 1. The molecule has 0 spiro atoms. The Morgan fingerprint density at radius 2 is 1.96 bits per heavy atom. The van der Waals surface area contributed by atoms with E-state index in [1.165, 1.54) is 0 Å². The molecule has 154 valence electrons. The summed E-state index contributed by atoms with van der Waals surface area (Å²) in [6.07, 6.45) is 0.293. The third-order valence-electron chi connectivity index (χ3n) is 6.33. The summed E-state index contributed by atoms with van der Waals surface area (Å²) in [7, 11) is 1.81. The summed E-state index contributed by atoms with van der Waals surface area (Å²) in [6.45, 7) is 8.28. The van der Waals surface area contributed by atoms with Gasteiger partial charge < -0.3 is 15.2 Å². The Hall–Kier alpha value is -1.96. The van der Waals surface area contributed by atoms with Crippen molar-refractivity contribution in [3.05, 3.63) is 35.4 Å². The van der Waals surface area contributed by atoms with E-state index in [0.717, 1.165) is 44.0 Å². The van der Waals surface area contributed by atoms with Crippen LogP contribution in [0.1, 0.15) is 30.5 Å². The quantitative estimate of drug-likeness (QED) is 0.763. The fourth-order valence-corrected chi connectivity index (χ4v) is 4.37. The van der Waals surface area contributed by atoms with E-state index in [0.29, 0.717) is 13.0 Å². The van der Waals surface area contributed by atoms with Crippen LogP contribution in [0.4, 0.5) is 0 Å². The fourth-order valence-electron chi connectivity index (χ4n) is 4.37. The molecule has 1 aromatic carbocycles. The number of carboxylic acid groups (broad SMARTS) is 1. The second-order valence-corrected chi connectivity index (χ2v) is 8.05. The first-order chi connectivity index (χ1) is 13.3. The van der Waals surface area contributed by atoms with Crippen molar-refractivity contribution in [2.24, 2.45) is 5.92 Å². The Bertz CT molecular complexity index is 719. The highest BCUT2D eigenvalue weighted by molar-refractivity contribution is 5.85. The van der Waals surface area contributed by atoms with Gasteiger partial charge in [-0.1, -0.05) is 24.3 Å². The number of nitrogens with one attached hydrogen (secondary N) is 1. The zero-order valence-electron chi connectivity index (χ0n) is 17.0. The van der Waals surface area contributed by atoms with Crippen LogP contribution in [0, 0.1) is 12.8 Å². The molecule has 2 aliphatic heterocycles. The number of hydrogen-bond acceptors (Lipinski definition) is 5. The minimum Gasteiger partial charge on any atom is -0.480 e. The number of ether oxygens (including phenoxy) is 1. The molecule has 2 N–H and O–H groups in total. The monoisotopic (exact) mass is 389 g/mol. The minimum atomic E-state index is -1.07. The number of carboxylic acids is 1. The lowest BCUT2D eigenvalue weighted by Gasteiger charge is -2.32. The number of amides is 1. The van der Waals surface area contributed by atoms with E-state index in [2.05, 4.69) is 10.2 Å². The Kier molecular flexibility index (Phi) is 6.37. The molecule has 28 heavy (non-hydrogen) atoms. The molecule has 0 saturated carbocycles. The van der Waals surface area contributed by atoms with Gasteiger partial charge in [0.1, 0.15) is 5.54 Å². The summed E-state index contributed by atoms with van der Waals surface area (Å²) in [6, 6.07) is 7.65. The third-order valence-corrected chi connectivity index (χ3v) is 6.33. The van der Waals surface area contributed by atoms with E-state index in [1.807, 2.05) is 43.1 Å². The van der Waals surface area contributed by atoms with E-state index in [4.69, 9.17) is 4.74 Å². The van der Waals surface area contributed by atoms with Crippen LogP contribution in [-0.4, -0.2) is 78.8 Å². The largest absolute Gasteiger partial charge is 0.480 e. The number of morpholine rings is 1. The maximum absolute atomic E-state index is 13.1. The van der Waals surface area contributed by atoms with Crippen molar-refractivity contribution < 1.29 is 19.4 Å². The van der Waals surface area contributed by atoms with Crippen molar-refractivity contribution in [2.45, 2.75) is 31.8 Å². The van der Waals surface area contributed by atoms with Gasteiger partial charge >= 0.3 is 5.97 Å². The van der Waals surface area contributed by atoms with Crippen LogP contribution in [0.2, 0.25) is 0 Å². The Morgan fingerprint density at radius 3 is 2.61 bits per heavy atom. The lowest BCUT2D eigenvalue weighted by molar-refractivity contribution is -0.148. The highest BCUT2D eigenvalue weighted by Crippen LogP contribution is 2.46. The molecule has 1 amide bonds. The van der Waals surface area contributed by atoms with Crippen molar-refractivity contribution >= 4 is 11.9 Å². The zero-order valence-corrected chi connectivity index (χ0v) is 17.0. The van der Waals surface area contributed by atoms with E-state index >= 15 is 0 Å². The molecule has 2 saturated heterocycles. The van der Waals surface area contributed by atoms with Crippen molar-refractivity contribution in [3.63, 3.8) is 0 Å². The molecule has 1 aromatic rings. The smallest absolute Gasteiger partial charge is 0.323 e. The Labute approximate surface area is 166 Å². The van der Waals surface area contributed by atoms with Crippen molar-refractivity contribution in [2.75, 3.05) is 46.4 Å². The molecular weight excluding hydrogens is 358 g/mol. The standard InChI is InChI=1S/C21H31N3O4/c1-15-6-4-5-7-16(15)18-17(14-21(2,20(26)27)23(18)3)19(25)22-8-9-24-10-12-28-13-11-24/h4-7,17-18H,8-14H2,1-3H3,(H,22,25)(H,26,27)/t17-,18-,21-/m0/s1. The molecule has 2 fully saturated rings. The topological polar surface area (TPSA) is 82.1 Å². The van der Waals surface area contributed by atoms with Crippen molar-refractivity contribution in [3.8, 4) is 0 Å². The minimum absolute atomic E-state index is 0.0710. The normalized spacial score (nSPS) is 29.0. The molecule has 3 atom stereocenters. The van der Waals surface area contributed by atoms with Crippen LogP contribution in [0.3, 0.4) is 0 Å². The summed E-state index contributed by atoms with van der Waals surface area (Å²) in [5, 5.41) is 12.9. The number of aryl methyl sites for hydroxylation is 1. The van der Waals surface area contributed by atoms with Gasteiger partial charge in [0.25, 0.3) is 0 Å². The second-order valence-electron chi connectivity index (χ2n) is 8.05. The fraction of sp³-hybridized carbons (Fsp3) is 0.619. The van der Waals surface area contributed by atoms with Crippen LogP contribution in [0.15, 0.2) is 24.3 Å². The molecule has 0 bridgehead atoms. The Morgan fingerprint density at radius 1 is 1.29 bits per heavy atom. The average molecular weight is 389 g/mol. The number of nitrogens with zero attached hydrogens (tertiary/aromatic N) is 2. The predicted molar refractivity (Wildman–Crippen MR) is 106 cm³/mol. The highest BCUT2D eigenvalue weighted by atomic mass is 16.5. The summed E-state index contributed by atoms with van der Waals surface area (Å²) in [5.41, 5.74) is 1.02. The summed E-state index contributed by atoms with van der Waals surface area (Å²) >= 11 is 0. The highest BCUT2D eigenvalue weighted by Gasteiger charge is 2.54. The first-order valence-electron chi connectivity index (χ1n) is 9.94. The molecule has 7 nitrogen and oxygen atoms in total. The van der Waals surface area contributed by atoms with E-state index in [9.17, 15) is 14.7 Å². The van der Waals surface area contributed by atoms with Crippen LogP contribution in [0.5, 0.6) is 0 Å². The average Bonchev–Trinajstić information content (AvgIpc) is 2.96. The van der Waals surface area contributed by atoms with Crippen LogP contribution >= 0.6 is 0 Å². The number of likely N-dealkylation sites (tertiary alicyclic amines) is 1. The van der Waals surface area contributed by atoms with Gasteiger partial charge in [-0.15, -0.1) is 0 Å². The second kappa shape index (κ2) is 8.59. The molecule has 3 rings (SSSR count). The number of benzene rings is 1. The number of rotatable bonds is 6. The first-order valence-corrected chi connectivity index (χ1v) is 9.94. The van der Waals surface area contributed by atoms with Crippen LogP contribution in [0.25, 0.3) is 0 Å². The predicted octanol–water partition coefficient (Wildman–Crippen LogP) is 1.28. The lowest BCUT2D eigenvalue weighted by Crippen LogP contribution is -2.46. The van der Waals surface area contributed by atoms with Crippen molar-refractivity contribution in [1.29, 1.82) is 0 Å². The molecule has 2 aliphatic rings. The van der Waals surface area contributed by atoms with E-state index < -0.39 is 17.4 Å². The van der Waals surface area contributed by atoms with Gasteiger partial charge in [0.2, 0.25) is 5.91 Å². The molecular formula is C21H31N3O4. The van der Waals surface area contributed by atoms with Gasteiger partial charge in [-0.2, -0.15) is 0 Å². The SMILES string of the molecule is Cc1ccccc1[C@H]1[C@@H](C(=O)NCCN2CCOCC2)C[C@@](C)(C(=O)O)N1C. The summed E-state index contributed by atoms with van der Waals surface area (Å²) in [5.74, 6) is -1.37. The number of aliphatic carboxylic acids is 1. The van der Waals surface area contributed by atoms with Crippen molar-refractivity contribution in [1.82, 2.24) is 15.1 Å². The lowest BCUT2D eigenvalue weighted by atomic mass is 9.88. The van der Waals surface area contributed by atoms with Gasteiger partial charge in [0.05, 0.1) is 19.1 Å². The number of hydrogen-bond donors (Lipinski definition) is 2. The van der Waals surface area contributed by atoms with E-state index in [-0.39, 0.29) is 11.9 Å². The maximum atomic E-state index is 13.1. The van der Waals surface area contributed by atoms with Gasteiger partial charge in [-0.05, 0) is 38.4 Å². The van der Waals surface area contributed by atoms with Gasteiger partial charge in [0, 0.05) is 32.2 Å². The van der Waals surface area contributed by atoms with Crippen LogP contribution < -0.4 is 5.32 Å². The molecule has 2 heterocycles. The molecule has 0 aliphatic carbocycles. The van der Waals surface area contributed by atoms with E-state index in [1.54, 1.807) is 6.92 Å². The van der Waals surface area contributed by atoms with Gasteiger partial charge in [-0.25, -0.2) is 0 Å². The Balaban J connectivity index is 1.75. The number of carbonyl (C=O) groups is 2. The van der Waals surface area contributed by atoms with Gasteiger partial charge in [-0.3, -0.25) is 19.4 Å². The molecule has 0 aromatic heterocycles. The molecule has 0 radical (unpaired) electrons. The van der Waals surface area contributed by atoms with Crippen LogP contribution in [-0.2, 0) is 14.3 Å². The maximum Gasteiger partial charge on any atom is 0.323 e. The molecule has 0 unspecified atom stereocenters.